The Labute approximate surface area is 275 Å². The van der Waals surface area contributed by atoms with Gasteiger partial charge in [-0.2, -0.15) is 0 Å². The van der Waals surface area contributed by atoms with E-state index in [0.29, 0.717) is 17.8 Å². The van der Waals surface area contributed by atoms with Crippen LogP contribution in [0.1, 0.15) is 24.5 Å². The molecule has 0 N–H and O–H groups in total. The first kappa shape index (κ1) is 29.4. The van der Waals surface area contributed by atoms with Crippen LogP contribution in [0.15, 0.2) is 169 Å². The van der Waals surface area contributed by atoms with Gasteiger partial charge in [0.05, 0.1) is 24.0 Å². The molecule has 47 heavy (non-hydrogen) atoms. The van der Waals surface area contributed by atoms with Crippen molar-refractivity contribution in [3.05, 3.63) is 191 Å². The topological polar surface area (TPSA) is 40.6 Å². The van der Waals surface area contributed by atoms with Crippen LogP contribution in [0, 0.1) is 17.9 Å². The summed E-state index contributed by atoms with van der Waals surface area (Å²) in [5.41, 5.74) is 5.30. The molecule has 0 fully saturated rings. The molecule has 224 valence electrons. The van der Waals surface area contributed by atoms with Crippen LogP contribution in [-0.2, 0) is 10.3 Å². The summed E-state index contributed by atoms with van der Waals surface area (Å²) in [6.45, 7) is 9.56. The van der Waals surface area contributed by atoms with Crippen molar-refractivity contribution in [3.8, 4) is 6.07 Å². The van der Waals surface area contributed by atoms with E-state index in [-0.39, 0.29) is 5.70 Å². The van der Waals surface area contributed by atoms with E-state index in [4.69, 9.17) is 11.3 Å². The first-order valence-electron chi connectivity index (χ1n) is 15.6. The minimum Gasteiger partial charge on any atom is -0.483 e. The summed E-state index contributed by atoms with van der Waals surface area (Å²) in [5.74, 6) is 0.603. The summed E-state index contributed by atoms with van der Waals surface area (Å²) in [7, 11) is 0. The van der Waals surface area contributed by atoms with Gasteiger partial charge in [-0.1, -0.05) is 121 Å². The average Bonchev–Trinajstić information content (AvgIpc) is 3.12. The molecule has 6 aromatic carbocycles. The summed E-state index contributed by atoms with van der Waals surface area (Å²) in [6.07, 6.45) is 6.18. The molecule has 0 radical (unpaired) electrons. The molecule has 4 heteroatoms. The minimum atomic E-state index is -0.709. The van der Waals surface area contributed by atoms with E-state index in [1.54, 1.807) is 0 Å². The van der Waals surface area contributed by atoms with E-state index in [1.807, 2.05) is 55.5 Å². The van der Waals surface area contributed by atoms with Gasteiger partial charge in [-0.25, -0.2) is 10.1 Å². The van der Waals surface area contributed by atoms with Gasteiger partial charge in [-0.15, -0.1) is 0 Å². The summed E-state index contributed by atoms with van der Waals surface area (Å²) in [4.78, 5) is 5.83. The van der Waals surface area contributed by atoms with Gasteiger partial charge in [0.1, 0.15) is 11.4 Å². The smallest absolute Gasteiger partial charge is 0.265 e. The predicted octanol–water partition coefficient (Wildman–Crippen LogP) is 11.4. The Morgan fingerprint density at radius 2 is 1.32 bits per heavy atom. The van der Waals surface area contributed by atoms with Crippen LogP contribution in [0.4, 0.5) is 17.1 Å². The maximum Gasteiger partial charge on any atom is 0.265 e. The number of nitrogens with zero attached hydrogens (tertiary/aromatic N) is 3. The van der Waals surface area contributed by atoms with E-state index < -0.39 is 5.60 Å². The van der Waals surface area contributed by atoms with E-state index in [0.717, 1.165) is 28.2 Å². The number of hydrogen-bond acceptors (Lipinski definition) is 3. The molecule has 0 aromatic heterocycles. The third kappa shape index (κ3) is 5.77. The Bertz CT molecular complexity index is 2180. The summed E-state index contributed by atoms with van der Waals surface area (Å²) >= 11 is 0. The number of allylic oxidation sites excluding steroid dienone is 3. The molecule has 0 amide bonds. The molecular weight excluding hydrogens is 574 g/mol. The van der Waals surface area contributed by atoms with E-state index >= 15 is 0 Å². The molecule has 1 atom stereocenters. The highest BCUT2D eigenvalue weighted by molar-refractivity contribution is 6.04. The highest BCUT2D eigenvalue weighted by Gasteiger charge is 2.34. The molecule has 1 aliphatic heterocycles. The third-order valence-electron chi connectivity index (χ3n) is 8.70. The molecule has 1 aliphatic rings. The number of hydrogen-bond donors (Lipinski definition) is 0. The van der Waals surface area contributed by atoms with Crippen LogP contribution < -0.4 is 4.90 Å². The zero-order valence-electron chi connectivity index (χ0n) is 26.0. The van der Waals surface area contributed by atoms with Gasteiger partial charge in [0.2, 0.25) is 0 Å². The minimum absolute atomic E-state index is 0.0904. The lowest BCUT2D eigenvalue weighted by Crippen LogP contribution is -2.29. The van der Waals surface area contributed by atoms with Crippen molar-refractivity contribution in [1.82, 2.24) is 0 Å². The second kappa shape index (κ2) is 12.6. The van der Waals surface area contributed by atoms with Gasteiger partial charge < -0.3 is 9.64 Å². The van der Waals surface area contributed by atoms with E-state index in [2.05, 4.69) is 125 Å². The lowest BCUT2D eigenvalue weighted by atomic mass is 9.85. The number of fused-ring (bicyclic) bond motifs is 2. The standard InChI is InChI=1S/C43H31N3O/c1-43(35-16-4-3-5-17-35)29-34(40(30-44)45-2)28-37(47-43)27-24-31-22-25-36(26-23-31)46(41-20-10-14-32-12-6-8-18-38(32)41)42-21-11-15-33-13-7-9-19-39(33)42/h3-28H,29H2,1H3/b27-24+,40-34+. The Kier molecular flexibility index (Phi) is 7.85. The zero-order valence-corrected chi connectivity index (χ0v) is 26.0. The molecule has 7 rings (SSSR count). The van der Waals surface area contributed by atoms with Crippen molar-refractivity contribution in [2.75, 3.05) is 4.90 Å². The predicted molar refractivity (Wildman–Crippen MR) is 192 cm³/mol. The second-order valence-electron chi connectivity index (χ2n) is 11.8. The highest BCUT2D eigenvalue weighted by Crippen LogP contribution is 2.43. The van der Waals surface area contributed by atoms with Crippen molar-refractivity contribution < 1.29 is 4.74 Å². The van der Waals surface area contributed by atoms with E-state index in [1.165, 1.54) is 21.5 Å². The van der Waals surface area contributed by atoms with E-state index in [9.17, 15) is 5.26 Å². The molecule has 4 nitrogen and oxygen atoms in total. The van der Waals surface area contributed by atoms with Gasteiger partial charge in [0, 0.05) is 22.9 Å². The fourth-order valence-corrected chi connectivity index (χ4v) is 6.39. The number of rotatable bonds is 6. The molecule has 1 heterocycles. The molecule has 0 saturated carbocycles. The Morgan fingerprint density at radius 1 is 0.745 bits per heavy atom. The largest absolute Gasteiger partial charge is 0.483 e. The SMILES string of the molecule is [C-]#[N+]/C(C#N)=C1C=C(/C=C/c2ccc(N(c3cccc4ccccc34)c3cccc4ccccc34)cc2)OC(C)(c2ccccc2)C\1. The quantitative estimate of drug-likeness (QED) is 0.140. The molecule has 6 aromatic rings. The summed E-state index contributed by atoms with van der Waals surface area (Å²) in [6, 6.07) is 50.4. The van der Waals surface area contributed by atoms with Gasteiger partial charge in [0.15, 0.2) is 0 Å². The fourth-order valence-electron chi connectivity index (χ4n) is 6.39. The lowest BCUT2D eigenvalue weighted by molar-refractivity contribution is 0.0143. The van der Waals surface area contributed by atoms with Crippen LogP contribution in [0.25, 0.3) is 32.5 Å². The number of ether oxygens (including phenoxy) is 1. The Hall–Kier alpha value is -6.36. The summed E-state index contributed by atoms with van der Waals surface area (Å²) < 4.78 is 6.53. The number of benzene rings is 6. The van der Waals surface area contributed by atoms with Gasteiger partial charge in [0.25, 0.3) is 5.70 Å². The van der Waals surface area contributed by atoms with Crippen LogP contribution in [0.5, 0.6) is 0 Å². The molecule has 0 bridgehead atoms. The maximum atomic E-state index is 9.65. The first-order valence-corrected chi connectivity index (χ1v) is 15.6. The normalized spacial score (nSPS) is 17.0. The lowest BCUT2D eigenvalue weighted by Gasteiger charge is -2.36. The molecule has 1 unspecified atom stereocenters. The molecule has 0 spiro atoms. The van der Waals surface area contributed by atoms with Gasteiger partial charge >= 0.3 is 0 Å². The van der Waals surface area contributed by atoms with Crippen molar-refractivity contribution in [1.29, 1.82) is 5.26 Å². The van der Waals surface area contributed by atoms with Crippen LogP contribution >= 0.6 is 0 Å². The number of nitriles is 1. The van der Waals surface area contributed by atoms with Crippen LogP contribution in [0.3, 0.4) is 0 Å². The number of anilines is 3. The Balaban J connectivity index is 1.27. The zero-order chi connectivity index (χ0) is 32.2. The Morgan fingerprint density at radius 3 is 1.91 bits per heavy atom. The van der Waals surface area contributed by atoms with Gasteiger partial charge in [-0.3, -0.25) is 0 Å². The monoisotopic (exact) mass is 605 g/mol. The molecule has 0 saturated heterocycles. The second-order valence-corrected chi connectivity index (χ2v) is 11.8. The molecular formula is C43H31N3O. The first-order chi connectivity index (χ1) is 23.1. The third-order valence-corrected chi connectivity index (χ3v) is 8.70. The van der Waals surface area contributed by atoms with Crippen molar-refractivity contribution in [3.63, 3.8) is 0 Å². The summed E-state index contributed by atoms with van der Waals surface area (Å²) in [5, 5.41) is 14.4. The van der Waals surface area contributed by atoms with Gasteiger partial charge in [-0.05, 0) is 70.8 Å². The molecule has 0 aliphatic carbocycles. The van der Waals surface area contributed by atoms with Crippen molar-refractivity contribution >= 4 is 44.7 Å². The maximum absolute atomic E-state index is 9.65. The van der Waals surface area contributed by atoms with Crippen LogP contribution in [-0.4, -0.2) is 0 Å². The van der Waals surface area contributed by atoms with Crippen molar-refractivity contribution in [2.24, 2.45) is 0 Å². The average molecular weight is 606 g/mol. The van der Waals surface area contributed by atoms with Crippen LogP contribution in [0.2, 0.25) is 0 Å². The highest BCUT2D eigenvalue weighted by atomic mass is 16.5. The van der Waals surface area contributed by atoms with Crippen molar-refractivity contribution in [2.45, 2.75) is 18.9 Å². The fraction of sp³-hybridized carbons (Fsp3) is 0.0698.